The lowest BCUT2D eigenvalue weighted by molar-refractivity contribution is 0.202. The van der Waals surface area contributed by atoms with Crippen LogP contribution >= 0.6 is 0 Å². The van der Waals surface area contributed by atoms with E-state index >= 15 is 0 Å². The minimum absolute atomic E-state index is 0.886. The first-order valence-corrected chi connectivity index (χ1v) is 4.16. The second-order valence-corrected chi connectivity index (χ2v) is 2.88. The van der Waals surface area contributed by atoms with Crippen molar-refractivity contribution in [3.63, 3.8) is 0 Å². The van der Waals surface area contributed by atoms with Crippen LogP contribution in [0.5, 0.6) is 0 Å². The lowest BCUT2D eigenvalue weighted by Crippen LogP contribution is -2.03. The largest absolute Gasteiger partial charge is 0.493 e. The van der Waals surface area contributed by atoms with Gasteiger partial charge in [-0.2, -0.15) is 0 Å². The maximum atomic E-state index is 5.50. The Hall–Kier alpha value is -0.980. The van der Waals surface area contributed by atoms with Gasteiger partial charge in [-0.25, -0.2) is 0 Å². The van der Waals surface area contributed by atoms with Gasteiger partial charge < -0.3 is 4.74 Å². The number of rotatable bonds is 0. The Morgan fingerprint density at radius 1 is 1.18 bits per heavy atom. The van der Waals surface area contributed by atoms with Crippen molar-refractivity contribution < 1.29 is 4.74 Å². The van der Waals surface area contributed by atoms with Gasteiger partial charge in [0.05, 0.1) is 6.61 Å². The summed E-state index contributed by atoms with van der Waals surface area (Å²) in [5.74, 6) is 1.09. The van der Waals surface area contributed by atoms with Crippen LogP contribution in [-0.2, 0) is 4.74 Å². The fourth-order valence-corrected chi connectivity index (χ4v) is 1.45. The third-order valence-electron chi connectivity index (χ3n) is 2.02. The van der Waals surface area contributed by atoms with Crippen molar-refractivity contribution in [3.05, 3.63) is 35.6 Å². The molecule has 0 amide bonds. The molecule has 0 radical (unpaired) electrons. The highest BCUT2D eigenvalue weighted by Gasteiger charge is 2.09. The highest BCUT2D eigenvalue weighted by Crippen LogP contribution is 2.23. The first-order valence-electron chi connectivity index (χ1n) is 4.16. The quantitative estimate of drug-likeness (QED) is 0.513. The Morgan fingerprint density at radius 3 is 3.09 bits per heavy atom. The van der Waals surface area contributed by atoms with Gasteiger partial charge in [-0.05, 0) is 30.9 Å². The van der Waals surface area contributed by atoms with E-state index < -0.39 is 0 Å². The molecule has 2 aliphatic rings. The molecule has 0 unspecified atom stereocenters. The zero-order valence-corrected chi connectivity index (χ0v) is 6.55. The fourth-order valence-electron chi connectivity index (χ4n) is 1.45. The van der Waals surface area contributed by atoms with Crippen LogP contribution in [0.1, 0.15) is 19.3 Å². The van der Waals surface area contributed by atoms with Crippen molar-refractivity contribution in [3.8, 4) is 0 Å². The zero-order chi connectivity index (χ0) is 7.52. The van der Waals surface area contributed by atoms with Crippen molar-refractivity contribution in [1.29, 1.82) is 0 Å². The van der Waals surface area contributed by atoms with Crippen LogP contribution in [0.15, 0.2) is 35.6 Å². The zero-order valence-electron chi connectivity index (χ0n) is 6.55. The molecule has 0 aromatic heterocycles. The molecule has 0 spiro atoms. The summed E-state index contributed by atoms with van der Waals surface area (Å²) in [5.41, 5.74) is 1.37. The summed E-state index contributed by atoms with van der Waals surface area (Å²) < 4.78 is 5.50. The summed E-state index contributed by atoms with van der Waals surface area (Å²) in [6.45, 7) is 0.886. The number of hydrogen-bond donors (Lipinski definition) is 0. The van der Waals surface area contributed by atoms with E-state index in [4.69, 9.17) is 4.74 Å². The van der Waals surface area contributed by atoms with Gasteiger partial charge in [-0.3, -0.25) is 0 Å². The van der Waals surface area contributed by atoms with E-state index in [1.807, 2.05) is 0 Å². The van der Waals surface area contributed by atoms with Crippen molar-refractivity contribution in [2.75, 3.05) is 6.61 Å². The summed E-state index contributed by atoms with van der Waals surface area (Å²) in [7, 11) is 0. The lowest BCUT2D eigenvalue weighted by atomic mass is 10.1. The van der Waals surface area contributed by atoms with E-state index in [1.54, 1.807) is 0 Å². The maximum Gasteiger partial charge on any atom is 0.122 e. The molecule has 1 nitrogen and oxygen atoms in total. The molecular formula is C10H12O. The van der Waals surface area contributed by atoms with Crippen molar-refractivity contribution in [2.45, 2.75) is 19.3 Å². The van der Waals surface area contributed by atoms with Crippen LogP contribution in [0.25, 0.3) is 0 Å². The lowest BCUT2D eigenvalue weighted by Gasteiger charge is -2.16. The van der Waals surface area contributed by atoms with E-state index in [0.29, 0.717) is 0 Å². The van der Waals surface area contributed by atoms with Crippen molar-refractivity contribution in [1.82, 2.24) is 0 Å². The Balaban J connectivity index is 2.31. The SMILES string of the molecule is C1=CC2=C(C=CC1)OCCC2. The second kappa shape index (κ2) is 2.95. The summed E-state index contributed by atoms with van der Waals surface area (Å²) >= 11 is 0. The number of allylic oxidation sites excluding steroid dienone is 5. The molecule has 1 aliphatic carbocycles. The van der Waals surface area contributed by atoms with E-state index in [-0.39, 0.29) is 0 Å². The summed E-state index contributed by atoms with van der Waals surface area (Å²) in [6, 6.07) is 0. The Kier molecular flexibility index (Phi) is 1.80. The minimum atomic E-state index is 0.886. The third kappa shape index (κ3) is 1.37. The molecule has 0 bridgehead atoms. The van der Waals surface area contributed by atoms with Crippen LogP contribution in [0, 0.1) is 0 Å². The highest BCUT2D eigenvalue weighted by molar-refractivity contribution is 5.33. The summed E-state index contributed by atoms with van der Waals surface area (Å²) in [6.07, 6.45) is 12.0. The Labute approximate surface area is 67.1 Å². The average Bonchev–Trinajstić information content (AvgIpc) is 2.28. The first-order chi connectivity index (χ1) is 5.47. The van der Waals surface area contributed by atoms with Crippen LogP contribution in [-0.4, -0.2) is 6.61 Å². The molecule has 1 heterocycles. The van der Waals surface area contributed by atoms with E-state index in [2.05, 4.69) is 24.3 Å². The molecule has 0 aromatic rings. The van der Waals surface area contributed by atoms with Gasteiger partial charge in [0, 0.05) is 0 Å². The molecule has 58 valence electrons. The Morgan fingerprint density at radius 2 is 2.09 bits per heavy atom. The van der Waals surface area contributed by atoms with E-state index in [1.165, 1.54) is 12.0 Å². The predicted molar refractivity (Wildman–Crippen MR) is 45.1 cm³/mol. The van der Waals surface area contributed by atoms with Gasteiger partial charge in [-0.15, -0.1) is 0 Å². The topological polar surface area (TPSA) is 9.23 Å². The van der Waals surface area contributed by atoms with Gasteiger partial charge >= 0.3 is 0 Å². The van der Waals surface area contributed by atoms with Gasteiger partial charge in [-0.1, -0.05) is 18.2 Å². The molecule has 2 rings (SSSR count). The smallest absolute Gasteiger partial charge is 0.122 e. The molecule has 0 aromatic carbocycles. The highest BCUT2D eigenvalue weighted by atomic mass is 16.5. The third-order valence-corrected chi connectivity index (χ3v) is 2.02. The fraction of sp³-hybridized carbons (Fsp3) is 0.400. The van der Waals surface area contributed by atoms with E-state index in [0.717, 1.165) is 25.2 Å². The van der Waals surface area contributed by atoms with Crippen molar-refractivity contribution in [2.24, 2.45) is 0 Å². The molecule has 11 heavy (non-hydrogen) atoms. The summed E-state index contributed by atoms with van der Waals surface area (Å²) in [5, 5.41) is 0. The van der Waals surface area contributed by atoms with Crippen LogP contribution in [0.4, 0.5) is 0 Å². The molecule has 0 N–H and O–H groups in total. The number of hydrogen-bond acceptors (Lipinski definition) is 1. The molecule has 1 aliphatic heterocycles. The predicted octanol–water partition coefficient (Wildman–Crippen LogP) is 2.57. The molecular weight excluding hydrogens is 136 g/mol. The monoisotopic (exact) mass is 148 g/mol. The molecule has 1 heteroatoms. The van der Waals surface area contributed by atoms with Crippen LogP contribution in [0.3, 0.4) is 0 Å². The van der Waals surface area contributed by atoms with Crippen molar-refractivity contribution >= 4 is 0 Å². The standard InChI is InChI=1S/C10H12O/c1-2-5-9-6-4-8-11-10(9)7-3-1/h2-3,5,7H,1,4,6,8H2. The molecule has 0 atom stereocenters. The van der Waals surface area contributed by atoms with Gasteiger partial charge in [0.15, 0.2) is 0 Å². The van der Waals surface area contributed by atoms with E-state index in [9.17, 15) is 0 Å². The molecule has 0 fully saturated rings. The molecule has 0 saturated heterocycles. The first kappa shape index (κ1) is 6.71. The average molecular weight is 148 g/mol. The number of ether oxygens (including phenoxy) is 1. The maximum absolute atomic E-state index is 5.50. The Bertz CT molecular complexity index is 209. The summed E-state index contributed by atoms with van der Waals surface area (Å²) in [4.78, 5) is 0. The van der Waals surface area contributed by atoms with Gasteiger partial charge in [0.1, 0.15) is 5.76 Å². The molecule has 0 saturated carbocycles. The van der Waals surface area contributed by atoms with Gasteiger partial charge in [0.2, 0.25) is 0 Å². The van der Waals surface area contributed by atoms with Crippen LogP contribution < -0.4 is 0 Å². The van der Waals surface area contributed by atoms with Crippen LogP contribution in [0.2, 0.25) is 0 Å². The van der Waals surface area contributed by atoms with Gasteiger partial charge in [0.25, 0.3) is 0 Å². The second-order valence-electron chi connectivity index (χ2n) is 2.88. The normalized spacial score (nSPS) is 22.5. The minimum Gasteiger partial charge on any atom is -0.493 e.